The summed E-state index contributed by atoms with van der Waals surface area (Å²) in [5.74, 6) is 0.235. The number of rotatable bonds is 3. The third-order valence-corrected chi connectivity index (χ3v) is 2.72. The molecule has 7 heteroatoms. The minimum absolute atomic E-state index is 0.235. The summed E-state index contributed by atoms with van der Waals surface area (Å²) < 4.78 is 10.4. The maximum Gasteiger partial charge on any atom is 0.216 e. The molecular weight excluding hydrogens is 218 g/mol. The summed E-state index contributed by atoms with van der Waals surface area (Å²) >= 11 is 0. The highest BCUT2D eigenvalue weighted by atomic mass is 16.6. The molecule has 4 N–H and O–H groups in total. The molecule has 0 bridgehead atoms. The van der Waals surface area contributed by atoms with Crippen molar-refractivity contribution in [1.29, 1.82) is 0 Å². The van der Waals surface area contributed by atoms with Crippen LogP contribution < -0.4 is 0 Å². The van der Waals surface area contributed by atoms with Gasteiger partial charge in [0.15, 0.2) is 6.10 Å². The van der Waals surface area contributed by atoms with Crippen LogP contribution in [0.25, 0.3) is 0 Å². The molecule has 1 unspecified atom stereocenters. The summed E-state index contributed by atoms with van der Waals surface area (Å²) in [4.78, 5) is 3.98. The molecule has 7 nitrogen and oxygen atoms in total. The van der Waals surface area contributed by atoms with E-state index in [1.54, 1.807) is 0 Å². The second-order valence-electron chi connectivity index (χ2n) is 3.82. The van der Waals surface area contributed by atoms with Crippen LogP contribution in [-0.4, -0.2) is 76.6 Å². The maximum absolute atomic E-state index is 9.70. The van der Waals surface area contributed by atoms with E-state index in [9.17, 15) is 15.3 Å². The normalized spacial score (nSPS) is 40.6. The van der Waals surface area contributed by atoms with Gasteiger partial charge in [-0.25, -0.2) is 4.99 Å². The van der Waals surface area contributed by atoms with E-state index in [0.29, 0.717) is 13.2 Å². The minimum atomic E-state index is -1.26. The standard InChI is InChI=1S/C9H15NO6/c11-3-4(12)7-5(13)6(14)8(16-7)9-10-1-2-15-9/h4-8,11-14H,1-3H2/t4-,5-,6-,7-,8?/m1/s1. The zero-order valence-corrected chi connectivity index (χ0v) is 8.56. The average Bonchev–Trinajstić information content (AvgIpc) is 2.89. The number of hydrogen-bond donors (Lipinski definition) is 4. The molecule has 2 heterocycles. The number of aliphatic hydroxyl groups is 4. The largest absolute Gasteiger partial charge is 0.477 e. The van der Waals surface area contributed by atoms with Crippen molar-refractivity contribution in [2.24, 2.45) is 4.99 Å². The maximum atomic E-state index is 9.70. The van der Waals surface area contributed by atoms with Gasteiger partial charge in [-0.15, -0.1) is 0 Å². The lowest BCUT2D eigenvalue weighted by molar-refractivity contribution is -0.0747. The van der Waals surface area contributed by atoms with Crippen LogP contribution in [0.2, 0.25) is 0 Å². The van der Waals surface area contributed by atoms with Crippen LogP contribution in [-0.2, 0) is 9.47 Å². The summed E-state index contributed by atoms with van der Waals surface area (Å²) in [6.07, 6.45) is -5.61. The van der Waals surface area contributed by atoms with Crippen molar-refractivity contribution >= 4 is 5.90 Å². The van der Waals surface area contributed by atoms with Gasteiger partial charge in [0.05, 0.1) is 13.2 Å². The second-order valence-corrected chi connectivity index (χ2v) is 3.82. The van der Waals surface area contributed by atoms with E-state index in [0.717, 1.165) is 0 Å². The van der Waals surface area contributed by atoms with Crippen molar-refractivity contribution in [3.8, 4) is 0 Å². The summed E-state index contributed by atoms with van der Waals surface area (Å²) in [6, 6.07) is 0. The molecule has 0 aromatic heterocycles. The third kappa shape index (κ3) is 1.92. The molecule has 0 radical (unpaired) electrons. The Hall–Kier alpha value is -0.730. The summed E-state index contributed by atoms with van der Waals surface area (Å²) in [5, 5.41) is 37.5. The fourth-order valence-electron chi connectivity index (χ4n) is 1.85. The average molecular weight is 233 g/mol. The Morgan fingerprint density at radius 2 is 2.12 bits per heavy atom. The molecule has 0 aromatic rings. The van der Waals surface area contributed by atoms with Gasteiger partial charge in [0, 0.05) is 0 Å². The zero-order chi connectivity index (χ0) is 11.7. The van der Waals surface area contributed by atoms with E-state index in [1.807, 2.05) is 0 Å². The number of ether oxygens (including phenoxy) is 2. The lowest BCUT2D eigenvalue weighted by atomic mass is 10.0. The van der Waals surface area contributed by atoms with Crippen LogP contribution >= 0.6 is 0 Å². The number of nitrogens with zero attached hydrogens (tertiary/aromatic N) is 1. The summed E-state index contributed by atoms with van der Waals surface area (Å²) in [7, 11) is 0. The molecule has 0 aromatic carbocycles. The first-order valence-electron chi connectivity index (χ1n) is 5.13. The van der Waals surface area contributed by atoms with Gasteiger partial charge in [-0.3, -0.25) is 0 Å². The molecule has 0 saturated carbocycles. The minimum Gasteiger partial charge on any atom is -0.477 e. The van der Waals surface area contributed by atoms with Gasteiger partial charge >= 0.3 is 0 Å². The van der Waals surface area contributed by atoms with Crippen LogP contribution in [0.5, 0.6) is 0 Å². The van der Waals surface area contributed by atoms with Crippen molar-refractivity contribution in [3.05, 3.63) is 0 Å². The molecule has 5 atom stereocenters. The molecule has 1 saturated heterocycles. The topological polar surface area (TPSA) is 112 Å². The molecule has 16 heavy (non-hydrogen) atoms. The van der Waals surface area contributed by atoms with E-state index < -0.39 is 37.1 Å². The van der Waals surface area contributed by atoms with Crippen molar-refractivity contribution < 1.29 is 29.9 Å². The van der Waals surface area contributed by atoms with Crippen LogP contribution in [0.3, 0.4) is 0 Å². The zero-order valence-electron chi connectivity index (χ0n) is 8.56. The van der Waals surface area contributed by atoms with Crippen molar-refractivity contribution in [2.75, 3.05) is 19.8 Å². The Balaban J connectivity index is 2.07. The van der Waals surface area contributed by atoms with Crippen LogP contribution in [0.4, 0.5) is 0 Å². The van der Waals surface area contributed by atoms with E-state index in [1.165, 1.54) is 0 Å². The van der Waals surface area contributed by atoms with E-state index >= 15 is 0 Å². The van der Waals surface area contributed by atoms with E-state index in [-0.39, 0.29) is 5.90 Å². The Labute approximate surface area is 91.9 Å². The monoisotopic (exact) mass is 233 g/mol. The molecule has 2 aliphatic rings. The number of hydrogen-bond acceptors (Lipinski definition) is 7. The predicted octanol–water partition coefficient (Wildman–Crippen LogP) is -2.74. The highest BCUT2D eigenvalue weighted by molar-refractivity contribution is 5.83. The van der Waals surface area contributed by atoms with Crippen molar-refractivity contribution in [1.82, 2.24) is 0 Å². The Morgan fingerprint density at radius 3 is 2.69 bits per heavy atom. The summed E-state index contributed by atoms with van der Waals surface area (Å²) in [6.45, 7) is 0.366. The first kappa shape index (κ1) is 11.7. The van der Waals surface area contributed by atoms with Gasteiger partial charge in [-0.2, -0.15) is 0 Å². The van der Waals surface area contributed by atoms with Crippen LogP contribution in [0.1, 0.15) is 0 Å². The van der Waals surface area contributed by atoms with E-state index in [4.69, 9.17) is 14.6 Å². The second kappa shape index (κ2) is 4.64. The molecule has 92 valence electrons. The van der Waals surface area contributed by atoms with Gasteiger partial charge in [0.2, 0.25) is 5.90 Å². The Kier molecular flexibility index (Phi) is 3.41. The smallest absolute Gasteiger partial charge is 0.216 e. The molecule has 2 aliphatic heterocycles. The van der Waals surface area contributed by atoms with Crippen LogP contribution in [0, 0.1) is 0 Å². The SMILES string of the molecule is OC[C@@H](O)[C@H]1OC(C2=NCCO2)[C@H](O)[C@H]1O. The lowest BCUT2D eigenvalue weighted by Gasteiger charge is -2.18. The van der Waals surface area contributed by atoms with E-state index in [2.05, 4.69) is 4.99 Å². The highest BCUT2D eigenvalue weighted by Crippen LogP contribution is 2.26. The molecule has 0 aliphatic carbocycles. The Morgan fingerprint density at radius 1 is 1.38 bits per heavy atom. The fraction of sp³-hybridized carbons (Fsp3) is 0.889. The van der Waals surface area contributed by atoms with Gasteiger partial charge < -0.3 is 29.9 Å². The molecule has 2 rings (SSSR count). The molecule has 0 amide bonds. The lowest BCUT2D eigenvalue weighted by Crippen LogP contribution is -2.40. The first-order valence-corrected chi connectivity index (χ1v) is 5.13. The number of aliphatic hydroxyl groups excluding tert-OH is 4. The van der Waals surface area contributed by atoms with Gasteiger partial charge in [-0.05, 0) is 0 Å². The third-order valence-electron chi connectivity index (χ3n) is 2.72. The van der Waals surface area contributed by atoms with Crippen molar-refractivity contribution in [3.63, 3.8) is 0 Å². The quantitative estimate of drug-likeness (QED) is 0.421. The van der Waals surface area contributed by atoms with Gasteiger partial charge in [0.25, 0.3) is 0 Å². The molecular formula is C9H15NO6. The summed E-state index contributed by atoms with van der Waals surface area (Å²) in [5.41, 5.74) is 0. The van der Waals surface area contributed by atoms with Gasteiger partial charge in [0.1, 0.15) is 31.0 Å². The first-order chi connectivity index (χ1) is 7.65. The predicted molar refractivity (Wildman–Crippen MR) is 52.0 cm³/mol. The number of aliphatic imine (C=N–C) groups is 1. The Bertz CT molecular complexity index is 283. The molecule has 1 fully saturated rings. The van der Waals surface area contributed by atoms with Gasteiger partial charge in [-0.1, -0.05) is 0 Å². The van der Waals surface area contributed by atoms with Crippen LogP contribution in [0.15, 0.2) is 4.99 Å². The highest BCUT2D eigenvalue weighted by Gasteiger charge is 2.48. The van der Waals surface area contributed by atoms with Crippen molar-refractivity contribution in [2.45, 2.75) is 30.5 Å². The fourth-order valence-corrected chi connectivity index (χ4v) is 1.85. The molecule has 0 spiro atoms.